The quantitative estimate of drug-likeness (QED) is 0.255. The molecule has 0 aliphatic carbocycles. The van der Waals surface area contributed by atoms with Gasteiger partial charge in [-0.2, -0.15) is 0 Å². The summed E-state index contributed by atoms with van der Waals surface area (Å²) in [5.74, 6) is -1.42. The molecule has 1 N–H and O–H groups in total. The summed E-state index contributed by atoms with van der Waals surface area (Å²) in [6, 6.07) is 28.2. The van der Waals surface area contributed by atoms with Gasteiger partial charge in [0.25, 0.3) is 11.8 Å². The SMILES string of the molecule is Cc1ccc(CCN(CCC(=O)O)C(=O)c2ccccc2-c2ccccc2C(=O)N(C)Cc2cccc(C)n2)cc1. The van der Waals surface area contributed by atoms with Crippen molar-refractivity contribution >= 4 is 17.8 Å². The summed E-state index contributed by atoms with van der Waals surface area (Å²) in [7, 11) is 1.74. The predicted molar refractivity (Wildman–Crippen MR) is 160 cm³/mol. The first-order chi connectivity index (χ1) is 19.7. The predicted octanol–water partition coefficient (Wildman–Crippen LogP) is 5.80. The summed E-state index contributed by atoms with van der Waals surface area (Å²) in [5, 5.41) is 9.35. The van der Waals surface area contributed by atoms with Crippen LogP contribution in [0.3, 0.4) is 0 Å². The number of aryl methyl sites for hydroxylation is 2. The first-order valence-corrected chi connectivity index (χ1v) is 13.7. The Labute approximate surface area is 241 Å². The normalized spacial score (nSPS) is 10.7. The summed E-state index contributed by atoms with van der Waals surface area (Å²) < 4.78 is 0. The van der Waals surface area contributed by atoms with Crippen LogP contribution < -0.4 is 0 Å². The molecular weight excluding hydrogens is 514 g/mol. The number of aliphatic carboxylic acids is 1. The summed E-state index contributed by atoms with van der Waals surface area (Å²) in [6.45, 7) is 4.73. The molecule has 3 aromatic carbocycles. The maximum atomic E-state index is 13.9. The van der Waals surface area contributed by atoms with Crippen LogP contribution >= 0.6 is 0 Å². The summed E-state index contributed by atoms with van der Waals surface area (Å²) in [6.07, 6.45) is 0.440. The minimum Gasteiger partial charge on any atom is -0.481 e. The van der Waals surface area contributed by atoms with Gasteiger partial charge in [0.05, 0.1) is 18.7 Å². The van der Waals surface area contributed by atoms with Crippen LogP contribution in [0.4, 0.5) is 0 Å². The van der Waals surface area contributed by atoms with Gasteiger partial charge in [0.1, 0.15) is 0 Å². The molecule has 210 valence electrons. The van der Waals surface area contributed by atoms with Crippen LogP contribution in [-0.4, -0.2) is 57.8 Å². The second kappa shape index (κ2) is 13.5. The van der Waals surface area contributed by atoms with Gasteiger partial charge in [-0.3, -0.25) is 19.4 Å². The summed E-state index contributed by atoms with van der Waals surface area (Å²) in [4.78, 5) is 46.7. The van der Waals surface area contributed by atoms with E-state index in [0.717, 1.165) is 22.5 Å². The van der Waals surface area contributed by atoms with Gasteiger partial charge in [0.2, 0.25) is 0 Å². The fourth-order valence-electron chi connectivity index (χ4n) is 4.75. The van der Waals surface area contributed by atoms with Crippen LogP contribution in [0.2, 0.25) is 0 Å². The fourth-order valence-corrected chi connectivity index (χ4v) is 4.75. The molecule has 0 atom stereocenters. The molecule has 0 aliphatic heterocycles. The first kappa shape index (κ1) is 29.2. The molecule has 1 heterocycles. The van der Waals surface area contributed by atoms with Crippen LogP contribution in [-0.2, 0) is 17.8 Å². The number of carboxylic acid groups (broad SMARTS) is 1. The number of carbonyl (C=O) groups excluding carboxylic acids is 2. The largest absolute Gasteiger partial charge is 0.481 e. The zero-order valence-corrected chi connectivity index (χ0v) is 23.7. The van der Waals surface area contributed by atoms with Crippen molar-refractivity contribution in [3.05, 3.63) is 125 Å². The Hall–Kier alpha value is -4.78. The van der Waals surface area contributed by atoms with Gasteiger partial charge in [-0.25, -0.2) is 0 Å². The number of carbonyl (C=O) groups is 3. The number of amides is 2. The Morgan fingerprint density at radius 3 is 1.95 bits per heavy atom. The number of rotatable bonds is 11. The molecule has 4 rings (SSSR count). The molecule has 0 saturated heterocycles. The van der Waals surface area contributed by atoms with E-state index in [1.54, 1.807) is 41.1 Å². The van der Waals surface area contributed by atoms with Crippen LogP contribution in [0.5, 0.6) is 0 Å². The maximum absolute atomic E-state index is 13.9. The molecular formula is C34H35N3O4. The van der Waals surface area contributed by atoms with Gasteiger partial charge in [-0.1, -0.05) is 72.3 Å². The first-order valence-electron chi connectivity index (χ1n) is 13.7. The molecule has 41 heavy (non-hydrogen) atoms. The van der Waals surface area contributed by atoms with Crippen molar-refractivity contribution in [2.45, 2.75) is 33.2 Å². The molecule has 0 radical (unpaired) electrons. The van der Waals surface area contributed by atoms with E-state index in [1.165, 1.54) is 0 Å². The average molecular weight is 550 g/mol. The number of pyridine rings is 1. The van der Waals surface area contributed by atoms with Crippen LogP contribution in [0, 0.1) is 13.8 Å². The topological polar surface area (TPSA) is 90.8 Å². The van der Waals surface area contributed by atoms with E-state index >= 15 is 0 Å². The van der Waals surface area contributed by atoms with Gasteiger partial charge < -0.3 is 14.9 Å². The van der Waals surface area contributed by atoms with E-state index in [2.05, 4.69) is 4.98 Å². The van der Waals surface area contributed by atoms with E-state index in [4.69, 9.17) is 0 Å². The molecule has 7 heteroatoms. The van der Waals surface area contributed by atoms with Crippen molar-refractivity contribution in [1.29, 1.82) is 0 Å². The molecule has 0 unspecified atom stereocenters. The van der Waals surface area contributed by atoms with Crippen molar-refractivity contribution in [2.24, 2.45) is 0 Å². The van der Waals surface area contributed by atoms with E-state index < -0.39 is 5.97 Å². The van der Waals surface area contributed by atoms with Crippen LogP contribution in [0.1, 0.15) is 49.7 Å². The van der Waals surface area contributed by atoms with Crippen LogP contribution in [0.25, 0.3) is 11.1 Å². The number of carboxylic acids is 1. The third kappa shape index (κ3) is 7.66. The Morgan fingerprint density at radius 2 is 1.34 bits per heavy atom. The molecule has 0 fully saturated rings. The van der Waals surface area contributed by atoms with Gasteiger partial charge in [0, 0.05) is 37.0 Å². The lowest BCUT2D eigenvalue weighted by Gasteiger charge is -2.24. The lowest BCUT2D eigenvalue weighted by molar-refractivity contribution is -0.137. The number of hydrogen-bond donors (Lipinski definition) is 1. The number of hydrogen-bond acceptors (Lipinski definition) is 4. The van der Waals surface area contributed by atoms with Gasteiger partial charge in [0.15, 0.2) is 0 Å². The molecule has 4 aromatic rings. The standard InChI is InChI=1S/C34H35N3O4/c1-24-15-17-26(18-16-24)19-21-37(22-20-32(38)39)34(41)31-14-7-5-12-29(31)28-11-4-6-13-30(28)33(40)36(3)23-27-10-8-9-25(2)35-27/h4-18H,19-23H2,1-3H3,(H,38,39). The minimum absolute atomic E-state index is 0.0845. The van der Waals surface area contributed by atoms with Crippen molar-refractivity contribution < 1.29 is 19.5 Å². The van der Waals surface area contributed by atoms with Gasteiger partial charge >= 0.3 is 5.97 Å². The number of nitrogens with zero attached hydrogens (tertiary/aromatic N) is 3. The number of benzene rings is 3. The van der Waals surface area contributed by atoms with Crippen molar-refractivity contribution in [2.75, 3.05) is 20.1 Å². The molecule has 0 bridgehead atoms. The molecule has 2 amide bonds. The van der Waals surface area contributed by atoms with E-state index in [9.17, 15) is 19.5 Å². The fraction of sp³-hybridized carbons (Fsp3) is 0.235. The zero-order valence-electron chi connectivity index (χ0n) is 23.7. The summed E-state index contributed by atoms with van der Waals surface area (Å²) in [5.41, 5.74) is 6.04. The van der Waals surface area contributed by atoms with E-state index in [0.29, 0.717) is 41.8 Å². The zero-order chi connectivity index (χ0) is 29.4. The number of aromatic nitrogens is 1. The maximum Gasteiger partial charge on any atom is 0.305 e. The molecule has 0 spiro atoms. The van der Waals surface area contributed by atoms with Gasteiger partial charge in [-0.15, -0.1) is 0 Å². The van der Waals surface area contributed by atoms with Crippen molar-refractivity contribution in [1.82, 2.24) is 14.8 Å². The lowest BCUT2D eigenvalue weighted by Crippen LogP contribution is -2.35. The smallest absolute Gasteiger partial charge is 0.305 e. The highest BCUT2D eigenvalue weighted by Gasteiger charge is 2.23. The third-order valence-electron chi connectivity index (χ3n) is 6.97. The third-order valence-corrected chi connectivity index (χ3v) is 6.97. The lowest BCUT2D eigenvalue weighted by atomic mass is 9.94. The highest BCUT2D eigenvalue weighted by molar-refractivity contribution is 6.06. The average Bonchev–Trinajstić information content (AvgIpc) is 2.97. The Balaban J connectivity index is 1.63. The Bertz CT molecular complexity index is 1530. The Kier molecular flexibility index (Phi) is 9.64. The molecule has 1 aromatic heterocycles. The van der Waals surface area contributed by atoms with Crippen LogP contribution in [0.15, 0.2) is 91.0 Å². The minimum atomic E-state index is -0.964. The molecule has 0 aliphatic rings. The van der Waals surface area contributed by atoms with E-state index in [-0.39, 0.29) is 24.8 Å². The molecule has 0 saturated carbocycles. The summed E-state index contributed by atoms with van der Waals surface area (Å²) >= 11 is 0. The van der Waals surface area contributed by atoms with Crippen molar-refractivity contribution in [3.8, 4) is 11.1 Å². The van der Waals surface area contributed by atoms with Gasteiger partial charge in [-0.05, 0) is 61.2 Å². The highest BCUT2D eigenvalue weighted by Crippen LogP contribution is 2.29. The molecule has 7 nitrogen and oxygen atoms in total. The highest BCUT2D eigenvalue weighted by atomic mass is 16.4. The second-order valence-corrected chi connectivity index (χ2v) is 10.2. The van der Waals surface area contributed by atoms with Crippen molar-refractivity contribution in [3.63, 3.8) is 0 Å². The monoisotopic (exact) mass is 549 g/mol. The Morgan fingerprint density at radius 1 is 0.732 bits per heavy atom. The second-order valence-electron chi connectivity index (χ2n) is 10.2. The van der Waals surface area contributed by atoms with E-state index in [1.807, 2.05) is 80.6 Å².